The van der Waals surface area contributed by atoms with Gasteiger partial charge in [0.15, 0.2) is 5.13 Å². The van der Waals surface area contributed by atoms with E-state index in [1.54, 1.807) is 12.1 Å². The van der Waals surface area contributed by atoms with Crippen LogP contribution in [0.5, 0.6) is 0 Å². The van der Waals surface area contributed by atoms with Gasteiger partial charge in [-0.2, -0.15) is 0 Å². The molecule has 0 spiro atoms. The molecule has 0 aliphatic carbocycles. The molecule has 0 atom stereocenters. The molecule has 1 heterocycles. The van der Waals surface area contributed by atoms with Crippen LogP contribution >= 0.6 is 23.1 Å². The van der Waals surface area contributed by atoms with Crippen LogP contribution in [0.25, 0.3) is 11.3 Å². The predicted octanol–water partition coefficient (Wildman–Crippen LogP) is 5.14. The number of benzene rings is 2. The van der Waals surface area contributed by atoms with Gasteiger partial charge in [0, 0.05) is 41.5 Å². The van der Waals surface area contributed by atoms with Crippen LogP contribution < -0.4 is 10.6 Å². The first-order valence-corrected chi connectivity index (χ1v) is 11.8. The van der Waals surface area contributed by atoms with Crippen molar-refractivity contribution >= 4 is 40.0 Å². The number of nitrogens with zero attached hydrogens (tertiary/aromatic N) is 1. The van der Waals surface area contributed by atoms with Crippen LogP contribution in [0.3, 0.4) is 0 Å². The average Bonchev–Trinajstić information content (AvgIpc) is 3.21. The third kappa shape index (κ3) is 7.80. The maximum atomic E-state index is 12.9. The maximum Gasteiger partial charge on any atom is 0.226 e. The molecule has 0 bridgehead atoms. The topological polar surface area (TPSA) is 71.1 Å². The molecule has 8 heteroatoms. The molecule has 0 saturated heterocycles. The van der Waals surface area contributed by atoms with Crippen molar-refractivity contribution in [2.24, 2.45) is 0 Å². The molecule has 0 radical (unpaired) electrons. The van der Waals surface area contributed by atoms with E-state index in [1.165, 1.54) is 47.7 Å². The predicted molar refractivity (Wildman–Crippen MR) is 125 cm³/mol. The zero-order valence-electron chi connectivity index (χ0n) is 17.2. The molecule has 3 aromatic rings. The number of aromatic nitrogens is 1. The minimum Gasteiger partial charge on any atom is -0.356 e. The Hall–Kier alpha value is -2.71. The number of anilines is 1. The fourth-order valence-corrected chi connectivity index (χ4v) is 4.42. The molecule has 1 aromatic heterocycles. The van der Waals surface area contributed by atoms with Crippen molar-refractivity contribution in [2.75, 3.05) is 17.6 Å². The first-order chi connectivity index (χ1) is 15.0. The van der Waals surface area contributed by atoms with E-state index >= 15 is 0 Å². The highest BCUT2D eigenvalue weighted by Crippen LogP contribution is 2.26. The quantitative estimate of drug-likeness (QED) is 0.327. The molecule has 0 unspecified atom stereocenters. The van der Waals surface area contributed by atoms with Crippen LogP contribution in [-0.2, 0) is 16.0 Å². The Kier molecular flexibility index (Phi) is 8.61. The Labute approximate surface area is 189 Å². The maximum absolute atomic E-state index is 12.9. The molecule has 31 heavy (non-hydrogen) atoms. The summed E-state index contributed by atoms with van der Waals surface area (Å²) in [6.45, 7) is 2.20. The molecule has 0 fully saturated rings. The molecular formula is C23H24FN3O2S2. The zero-order valence-corrected chi connectivity index (χ0v) is 18.8. The third-order valence-corrected chi connectivity index (χ3v) is 6.20. The van der Waals surface area contributed by atoms with Crippen molar-refractivity contribution in [1.82, 2.24) is 10.3 Å². The number of hydrogen-bond acceptors (Lipinski definition) is 5. The number of carbonyl (C=O) groups is 2. The van der Waals surface area contributed by atoms with Crippen LogP contribution in [0, 0.1) is 5.82 Å². The number of rotatable bonds is 10. The SMILES string of the molecule is CC(=O)NCCCc1ccc(-c2csc(NC(=O)CCSc3ccc(F)cc3)n2)cc1. The van der Waals surface area contributed by atoms with Gasteiger partial charge in [-0.15, -0.1) is 23.1 Å². The normalized spacial score (nSPS) is 10.6. The van der Waals surface area contributed by atoms with E-state index in [1.807, 2.05) is 17.5 Å². The molecule has 2 amide bonds. The molecular weight excluding hydrogens is 433 g/mol. The summed E-state index contributed by atoms with van der Waals surface area (Å²) >= 11 is 2.91. The summed E-state index contributed by atoms with van der Waals surface area (Å²) in [5, 5.41) is 8.14. The third-order valence-electron chi connectivity index (χ3n) is 4.43. The summed E-state index contributed by atoms with van der Waals surface area (Å²) in [6.07, 6.45) is 2.14. The van der Waals surface area contributed by atoms with E-state index in [0.29, 0.717) is 23.8 Å². The number of halogens is 1. The largest absolute Gasteiger partial charge is 0.356 e. The number of thioether (sulfide) groups is 1. The van der Waals surface area contributed by atoms with Gasteiger partial charge in [0.2, 0.25) is 11.8 Å². The number of thiazole rings is 1. The fourth-order valence-electron chi connectivity index (χ4n) is 2.84. The number of carbonyl (C=O) groups excluding carboxylic acids is 2. The van der Waals surface area contributed by atoms with E-state index in [4.69, 9.17) is 0 Å². The van der Waals surface area contributed by atoms with E-state index < -0.39 is 0 Å². The van der Waals surface area contributed by atoms with Gasteiger partial charge in [0.1, 0.15) is 5.82 Å². The monoisotopic (exact) mass is 457 g/mol. The van der Waals surface area contributed by atoms with Gasteiger partial charge >= 0.3 is 0 Å². The molecule has 162 valence electrons. The second-order valence-electron chi connectivity index (χ2n) is 6.92. The van der Waals surface area contributed by atoms with E-state index in [0.717, 1.165) is 29.0 Å². The van der Waals surface area contributed by atoms with Crippen molar-refractivity contribution in [3.8, 4) is 11.3 Å². The van der Waals surface area contributed by atoms with Gasteiger partial charge in [0.05, 0.1) is 5.69 Å². The fraction of sp³-hybridized carbons (Fsp3) is 0.261. The van der Waals surface area contributed by atoms with Gasteiger partial charge in [-0.25, -0.2) is 9.37 Å². The first-order valence-electron chi connectivity index (χ1n) is 9.97. The minimum absolute atomic E-state index is 0.00610. The van der Waals surface area contributed by atoms with Gasteiger partial charge in [0.25, 0.3) is 0 Å². The summed E-state index contributed by atoms with van der Waals surface area (Å²) in [5.41, 5.74) is 3.02. The summed E-state index contributed by atoms with van der Waals surface area (Å²) in [4.78, 5) is 28.5. The van der Waals surface area contributed by atoms with Crippen molar-refractivity contribution in [2.45, 2.75) is 31.1 Å². The van der Waals surface area contributed by atoms with E-state index in [9.17, 15) is 14.0 Å². The second-order valence-corrected chi connectivity index (χ2v) is 8.95. The van der Waals surface area contributed by atoms with Gasteiger partial charge in [-0.1, -0.05) is 24.3 Å². The summed E-state index contributed by atoms with van der Waals surface area (Å²) < 4.78 is 12.9. The average molecular weight is 458 g/mol. The van der Waals surface area contributed by atoms with Crippen LogP contribution in [0.4, 0.5) is 9.52 Å². The van der Waals surface area contributed by atoms with Crippen LogP contribution in [0.15, 0.2) is 58.8 Å². The Bertz CT molecular complexity index is 1000. The smallest absolute Gasteiger partial charge is 0.226 e. The number of hydrogen-bond donors (Lipinski definition) is 2. The molecule has 2 aromatic carbocycles. The first kappa shape index (κ1) is 23.0. The number of nitrogens with one attached hydrogen (secondary N) is 2. The molecule has 0 aliphatic heterocycles. The zero-order chi connectivity index (χ0) is 22.1. The van der Waals surface area contributed by atoms with Crippen molar-refractivity contribution < 1.29 is 14.0 Å². The number of amides is 2. The molecule has 0 saturated carbocycles. The van der Waals surface area contributed by atoms with Gasteiger partial charge in [-0.3, -0.25) is 9.59 Å². The lowest BCUT2D eigenvalue weighted by Crippen LogP contribution is -2.21. The lowest BCUT2D eigenvalue weighted by Gasteiger charge is -2.04. The van der Waals surface area contributed by atoms with Crippen molar-refractivity contribution in [3.05, 3.63) is 65.3 Å². The van der Waals surface area contributed by atoms with Crippen molar-refractivity contribution in [1.29, 1.82) is 0 Å². The Morgan fingerprint density at radius 1 is 1.10 bits per heavy atom. The van der Waals surface area contributed by atoms with Gasteiger partial charge < -0.3 is 10.6 Å². The van der Waals surface area contributed by atoms with E-state index in [-0.39, 0.29) is 17.6 Å². The molecule has 5 nitrogen and oxygen atoms in total. The lowest BCUT2D eigenvalue weighted by atomic mass is 10.1. The van der Waals surface area contributed by atoms with Crippen LogP contribution in [0.1, 0.15) is 25.3 Å². The summed E-state index contributed by atoms with van der Waals surface area (Å²) in [6, 6.07) is 14.4. The van der Waals surface area contributed by atoms with Crippen LogP contribution in [-0.4, -0.2) is 29.1 Å². The Balaban J connectivity index is 1.44. The number of aryl methyl sites for hydroxylation is 1. The summed E-state index contributed by atoms with van der Waals surface area (Å²) in [5.74, 6) is 0.246. The van der Waals surface area contributed by atoms with Crippen molar-refractivity contribution in [3.63, 3.8) is 0 Å². The van der Waals surface area contributed by atoms with E-state index in [2.05, 4.69) is 27.8 Å². The minimum atomic E-state index is -0.265. The standard InChI is InChI=1S/C23H24FN3O2S2/c1-16(28)25-13-2-3-17-4-6-18(7-5-17)21-15-31-23(26-21)27-22(29)12-14-30-20-10-8-19(24)9-11-20/h4-11,15H,2-3,12-14H2,1H3,(H,25,28)(H,26,27,29). The lowest BCUT2D eigenvalue weighted by molar-refractivity contribution is -0.119. The highest BCUT2D eigenvalue weighted by atomic mass is 32.2. The second kappa shape index (κ2) is 11.6. The van der Waals surface area contributed by atoms with Gasteiger partial charge in [-0.05, 0) is 42.7 Å². The molecule has 2 N–H and O–H groups in total. The van der Waals surface area contributed by atoms with Crippen LogP contribution in [0.2, 0.25) is 0 Å². The highest BCUT2D eigenvalue weighted by Gasteiger charge is 2.09. The summed E-state index contributed by atoms with van der Waals surface area (Å²) in [7, 11) is 0. The highest BCUT2D eigenvalue weighted by molar-refractivity contribution is 7.99. The molecule has 3 rings (SSSR count). The molecule has 0 aliphatic rings. The Morgan fingerprint density at radius 2 is 1.84 bits per heavy atom. The Morgan fingerprint density at radius 3 is 2.55 bits per heavy atom.